The van der Waals surface area contributed by atoms with Crippen LogP contribution in [0.2, 0.25) is 5.02 Å². The molecule has 0 fully saturated rings. The highest BCUT2D eigenvalue weighted by Crippen LogP contribution is 2.22. The minimum absolute atomic E-state index is 0.129. The molecule has 0 spiro atoms. The molecule has 5 heteroatoms. The molecule has 0 saturated carbocycles. The van der Waals surface area contributed by atoms with Gasteiger partial charge < -0.3 is 15.1 Å². The molecule has 1 heterocycles. The van der Waals surface area contributed by atoms with Crippen LogP contribution in [0.15, 0.2) is 71.3 Å². The van der Waals surface area contributed by atoms with Crippen LogP contribution < -0.4 is 10.6 Å². The Labute approximate surface area is 158 Å². The zero-order chi connectivity index (χ0) is 18.4. The number of hydrogen-bond donors (Lipinski definition) is 2. The molecule has 0 aliphatic rings. The third kappa shape index (κ3) is 4.75. The molecule has 3 rings (SSSR count). The van der Waals surface area contributed by atoms with E-state index < -0.39 is 6.04 Å². The average Bonchev–Trinajstić information content (AvgIpc) is 3.16. The minimum atomic E-state index is -0.466. The van der Waals surface area contributed by atoms with Crippen molar-refractivity contribution in [1.82, 2.24) is 5.32 Å². The fourth-order valence-electron chi connectivity index (χ4n) is 2.69. The first kappa shape index (κ1) is 18.2. The quantitative estimate of drug-likeness (QED) is 0.632. The van der Waals surface area contributed by atoms with Gasteiger partial charge in [-0.25, -0.2) is 0 Å². The predicted octanol–water partition coefficient (Wildman–Crippen LogP) is 4.75. The molecular formula is C21H21ClN2O2. The Hall–Kier alpha value is -2.56. The highest BCUT2D eigenvalue weighted by molar-refractivity contribution is 6.31. The number of anilines is 1. The molecule has 0 aliphatic carbocycles. The first-order valence-electron chi connectivity index (χ1n) is 8.51. The Morgan fingerprint density at radius 2 is 1.92 bits per heavy atom. The van der Waals surface area contributed by atoms with Crippen LogP contribution in [-0.2, 0) is 11.2 Å². The molecule has 2 N–H and O–H groups in total. The zero-order valence-corrected chi connectivity index (χ0v) is 15.3. The number of furan rings is 1. The van der Waals surface area contributed by atoms with Gasteiger partial charge >= 0.3 is 0 Å². The number of carbonyl (C=O) groups excluding carboxylic acids is 1. The molecule has 3 aromatic rings. The second-order valence-electron chi connectivity index (χ2n) is 6.08. The van der Waals surface area contributed by atoms with Crippen molar-refractivity contribution in [3.05, 3.63) is 88.8 Å². The van der Waals surface area contributed by atoms with Gasteiger partial charge in [0, 0.05) is 23.7 Å². The SMILES string of the molecule is Cc1ccc(NC(=O)[C@@H](NCCc2ccco2)c2ccccc2)cc1Cl. The van der Waals surface area contributed by atoms with Crippen molar-refractivity contribution in [1.29, 1.82) is 0 Å². The van der Waals surface area contributed by atoms with Crippen LogP contribution in [0.25, 0.3) is 0 Å². The lowest BCUT2D eigenvalue weighted by Gasteiger charge is -2.19. The summed E-state index contributed by atoms with van der Waals surface area (Å²) in [6.45, 7) is 2.55. The lowest BCUT2D eigenvalue weighted by Crippen LogP contribution is -2.34. The Morgan fingerprint density at radius 1 is 1.12 bits per heavy atom. The summed E-state index contributed by atoms with van der Waals surface area (Å²) in [6, 6.07) is 18.5. The molecule has 0 aliphatic heterocycles. The van der Waals surface area contributed by atoms with E-state index in [-0.39, 0.29) is 5.91 Å². The van der Waals surface area contributed by atoms with Crippen LogP contribution in [0, 0.1) is 6.92 Å². The number of carbonyl (C=O) groups is 1. The van der Waals surface area contributed by atoms with Gasteiger partial charge in [0.05, 0.1) is 6.26 Å². The molecule has 4 nitrogen and oxygen atoms in total. The van der Waals surface area contributed by atoms with Crippen LogP contribution in [0.3, 0.4) is 0 Å². The fraction of sp³-hybridized carbons (Fsp3) is 0.190. The Kier molecular flexibility index (Phi) is 6.10. The van der Waals surface area contributed by atoms with Crippen molar-refractivity contribution in [3.63, 3.8) is 0 Å². The van der Waals surface area contributed by atoms with Gasteiger partial charge in [0.15, 0.2) is 0 Å². The van der Waals surface area contributed by atoms with Crippen molar-refractivity contribution in [3.8, 4) is 0 Å². The largest absolute Gasteiger partial charge is 0.469 e. The van der Waals surface area contributed by atoms with Crippen molar-refractivity contribution >= 4 is 23.2 Å². The highest BCUT2D eigenvalue weighted by Gasteiger charge is 2.20. The van der Waals surface area contributed by atoms with Crippen LogP contribution in [-0.4, -0.2) is 12.5 Å². The van der Waals surface area contributed by atoms with E-state index in [0.29, 0.717) is 23.7 Å². The van der Waals surface area contributed by atoms with Gasteiger partial charge in [-0.3, -0.25) is 4.79 Å². The van der Waals surface area contributed by atoms with E-state index in [2.05, 4.69) is 10.6 Å². The summed E-state index contributed by atoms with van der Waals surface area (Å²) in [6.07, 6.45) is 2.36. The molecular weight excluding hydrogens is 348 g/mol. The Morgan fingerprint density at radius 3 is 2.62 bits per heavy atom. The minimum Gasteiger partial charge on any atom is -0.469 e. The first-order valence-corrected chi connectivity index (χ1v) is 8.89. The molecule has 1 aromatic heterocycles. The normalized spacial score (nSPS) is 11.9. The van der Waals surface area contributed by atoms with Crippen molar-refractivity contribution < 1.29 is 9.21 Å². The molecule has 134 valence electrons. The molecule has 0 unspecified atom stereocenters. The third-order valence-corrected chi connectivity index (χ3v) is 4.54. The highest BCUT2D eigenvalue weighted by atomic mass is 35.5. The van der Waals surface area contributed by atoms with E-state index in [0.717, 1.165) is 16.9 Å². The van der Waals surface area contributed by atoms with E-state index in [1.165, 1.54) is 0 Å². The third-order valence-electron chi connectivity index (χ3n) is 4.13. The van der Waals surface area contributed by atoms with E-state index in [1.807, 2.05) is 61.5 Å². The average molecular weight is 369 g/mol. The molecule has 0 radical (unpaired) electrons. The van der Waals surface area contributed by atoms with Gasteiger partial charge in [0.2, 0.25) is 5.91 Å². The topological polar surface area (TPSA) is 54.3 Å². The zero-order valence-electron chi connectivity index (χ0n) is 14.5. The number of rotatable bonds is 7. The smallest absolute Gasteiger partial charge is 0.246 e. The maximum atomic E-state index is 12.9. The van der Waals surface area contributed by atoms with Crippen LogP contribution >= 0.6 is 11.6 Å². The molecule has 1 amide bonds. The van der Waals surface area contributed by atoms with E-state index in [4.69, 9.17) is 16.0 Å². The maximum absolute atomic E-state index is 12.9. The molecule has 0 saturated heterocycles. The summed E-state index contributed by atoms with van der Waals surface area (Å²) in [5.41, 5.74) is 2.56. The van der Waals surface area contributed by atoms with Gasteiger partial charge in [-0.2, -0.15) is 0 Å². The Bertz CT molecular complexity index is 848. The lowest BCUT2D eigenvalue weighted by atomic mass is 10.1. The summed E-state index contributed by atoms with van der Waals surface area (Å²) in [7, 11) is 0. The second-order valence-corrected chi connectivity index (χ2v) is 6.49. The standard InChI is InChI=1S/C21H21ClN2O2/c1-15-9-10-17(14-19(15)22)24-21(25)20(16-6-3-2-4-7-16)23-12-11-18-8-5-13-26-18/h2-10,13-14,20,23H,11-12H2,1H3,(H,24,25)/t20-/m0/s1. The van der Waals surface area contributed by atoms with Crippen LogP contribution in [0.5, 0.6) is 0 Å². The summed E-state index contributed by atoms with van der Waals surface area (Å²) >= 11 is 6.16. The summed E-state index contributed by atoms with van der Waals surface area (Å²) in [5.74, 6) is 0.755. The van der Waals surface area contributed by atoms with Crippen LogP contribution in [0.4, 0.5) is 5.69 Å². The number of nitrogens with one attached hydrogen (secondary N) is 2. The van der Waals surface area contributed by atoms with Crippen LogP contribution in [0.1, 0.15) is 22.9 Å². The monoisotopic (exact) mass is 368 g/mol. The number of benzene rings is 2. The number of hydrogen-bond acceptors (Lipinski definition) is 3. The van der Waals surface area contributed by atoms with E-state index in [1.54, 1.807) is 12.3 Å². The molecule has 1 atom stereocenters. The number of halogens is 1. The van der Waals surface area contributed by atoms with Gasteiger partial charge in [-0.1, -0.05) is 48.0 Å². The molecule has 0 bridgehead atoms. The van der Waals surface area contributed by atoms with E-state index in [9.17, 15) is 4.79 Å². The number of aryl methyl sites for hydroxylation is 1. The molecule has 2 aromatic carbocycles. The van der Waals surface area contributed by atoms with Crippen molar-refractivity contribution in [2.75, 3.05) is 11.9 Å². The fourth-order valence-corrected chi connectivity index (χ4v) is 2.87. The van der Waals surface area contributed by atoms with Gasteiger partial charge in [-0.05, 0) is 42.3 Å². The first-order chi connectivity index (χ1) is 12.6. The summed E-state index contributed by atoms with van der Waals surface area (Å²) < 4.78 is 5.35. The maximum Gasteiger partial charge on any atom is 0.246 e. The molecule has 26 heavy (non-hydrogen) atoms. The van der Waals surface area contributed by atoms with Gasteiger partial charge in [0.1, 0.15) is 11.8 Å². The van der Waals surface area contributed by atoms with Crippen molar-refractivity contribution in [2.24, 2.45) is 0 Å². The predicted molar refractivity (Wildman–Crippen MR) is 104 cm³/mol. The lowest BCUT2D eigenvalue weighted by molar-refractivity contribution is -0.118. The van der Waals surface area contributed by atoms with Gasteiger partial charge in [0.25, 0.3) is 0 Å². The number of amides is 1. The van der Waals surface area contributed by atoms with Crippen molar-refractivity contribution in [2.45, 2.75) is 19.4 Å². The summed E-state index contributed by atoms with van der Waals surface area (Å²) in [5, 5.41) is 6.89. The summed E-state index contributed by atoms with van der Waals surface area (Å²) in [4.78, 5) is 12.9. The Balaban J connectivity index is 1.71. The van der Waals surface area contributed by atoms with E-state index >= 15 is 0 Å². The second kappa shape index (κ2) is 8.70. The van der Waals surface area contributed by atoms with Gasteiger partial charge in [-0.15, -0.1) is 0 Å².